The van der Waals surface area contributed by atoms with Gasteiger partial charge in [0.2, 0.25) is 5.91 Å². The highest BCUT2D eigenvalue weighted by Gasteiger charge is 2.50. The van der Waals surface area contributed by atoms with Crippen LogP contribution >= 0.6 is 0 Å². The maximum atomic E-state index is 12.0. The van der Waals surface area contributed by atoms with Crippen LogP contribution in [0.5, 0.6) is 0 Å². The largest absolute Gasteiger partial charge is 0.325 e. The molecular weight excluding hydrogens is 308 g/mol. The maximum Gasteiger partial charge on any atom is 0.244 e. The van der Waals surface area contributed by atoms with E-state index in [1.807, 2.05) is 12.1 Å². The molecule has 0 aliphatic heterocycles. The fraction of sp³-hybridized carbons (Fsp3) is 0.636. The van der Waals surface area contributed by atoms with Gasteiger partial charge in [-0.15, -0.1) is 0 Å². The SMILES string of the molecule is CCCCCCCCCCCc1ccc(NC(=O)C2(C#N)CC2)cc1. The van der Waals surface area contributed by atoms with E-state index in [4.69, 9.17) is 5.26 Å². The molecule has 0 spiro atoms. The second-order valence-electron chi connectivity index (χ2n) is 7.42. The van der Waals surface area contributed by atoms with Crippen molar-refractivity contribution in [3.63, 3.8) is 0 Å². The molecule has 2 rings (SSSR count). The molecule has 1 aliphatic rings. The number of nitrogens with one attached hydrogen (secondary N) is 1. The number of unbranched alkanes of at least 4 members (excludes halogenated alkanes) is 8. The highest BCUT2D eigenvalue weighted by molar-refractivity contribution is 5.99. The highest BCUT2D eigenvalue weighted by Crippen LogP contribution is 2.45. The van der Waals surface area contributed by atoms with Crippen LogP contribution in [0, 0.1) is 16.7 Å². The second kappa shape index (κ2) is 10.2. The van der Waals surface area contributed by atoms with Gasteiger partial charge in [-0.25, -0.2) is 0 Å². The molecule has 1 N–H and O–H groups in total. The molecule has 0 saturated heterocycles. The van der Waals surface area contributed by atoms with E-state index in [0.717, 1.165) is 12.1 Å². The van der Waals surface area contributed by atoms with Crippen LogP contribution in [-0.4, -0.2) is 5.91 Å². The predicted octanol–water partition coefficient (Wildman–Crippen LogP) is 6.00. The minimum Gasteiger partial charge on any atom is -0.325 e. The number of anilines is 1. The second-order valence-corrected chi connectivity index (χ2v) is 7.42. The first-order valence-electron chi connectivity index (χ1n) is 10.0. The molecule has 0 atom stereocenters. The number of nitriles is 1. The van der Waals surface area contributed by atoms with Gasteiger partial charge in [0.15, 0.2) is 0 Å². The van der Waals surface area contributed by atoms with Gasteiger partial charge in [-0.2, -0.15) is 5.26 Å². The monoisotopic (exact) mass is 340 g/mol. The standard InChI is InChI=1S/C22H32N2O/c1-2-3-4-5-6-7-8-9-10-11-19-12-14-20(15-13-19)24-21(25)22(18-23)16-17-22/h12-15H,2-11,16-17H2,1H3,(H,24,25). The van der Waals surface area contributed by atoms with Crippen molar-refractivity contribution in [3.05, 3.63) is 29.8 Å². The lowest BCUT2D eigenvalue weighted by Gasteiger charge is -2.09. The van der Waals surface area contributed by atoms with Crippen LogP contribution in [0.25, 0.3) is 0 Å². The molecule has 1 aromatic rings. The van der Waals surface area contributed by atoms with Gasteiger partial charge < -0.3 is 5.32 Å². The van der Waals surface area contributed by atoms with Gasteiger partial charge in [0.25, 0.3) is 0 Å². The summed E-state index contributed by atoms with van der Waals surface area (Å²) in [5.41, 5.74) is 1.36. The molecule has 1 saturated carbocycles. The third kappa shape index (κ3) is 6.53. The van der Waals surface area contributed by atoms with E-state index in [-0.39, 0.29) is 5.91 Å². The Hall–Kier alpha value is -1.82. The smallest absolute Gasteiger partial charge is 0.244 e. The Bertz CT molecular complexity index is 567. The Labute approximate surface area is 152 Å². The van der Waals surface area contributed by atoms with Gasteiger partial charge in [0.05, 0.1) is 6.07 Å². The normalized spacial score (nSPS) is 14.7. The lowest BCUT2D eigenvalue weighted by molar-refractivity contribution is -0.119. The fourth-order valence-electron chi connectivity index (χ4n) is 3.16. The molecule has 3 nitrogen and oxygen atoms in total. The first kappa shape index (κ1) is 19.5. The van der Waals surface area contributed by atoms with Gasteiger partial charge in [-0.3, -0.25) is 4.79 Å². The van der Waals surface area contributed by atoms with Gasteiger partial charge in [-0.1, -0.05) is 70.4 Å². The van der Waals surface area contributed by atoms with E-state index < -0.39 is 5.41 Å². The first-order chi connectivity index (χ1) is 12.2. The number of benzene rings is 1. The van der Waals surface area contributed by atoms with Crippen LogP contribution in [0.1, 0.15) is 83.1 Å². The van der Waals surface area contributed by atoms with E-state index in [1.165, 1.54) is 63.4 Å². The summed E-state index contributed by atoms with van der Waals surface area (Å²) in [5, 5.41) is 11.9. The number of hydrogen-bond donors (Lipinski definition) is 1. The Morgan fingerprint density at radius 2 is 1.56 bits per heavy atom. The van der Waals surface area contributed by atoms with Crippen molar-refractivity contribution in [3.8, 4) is 6.07 Å². The third-order valence-electron chi connectivity index (χ3n) is 5.18. The summed E-state index contributed by atoms with van der Waals surface area (Å²) < 4.78 is 0. The highest BCUT2D eigenvalue weighted by atomic mass is 16.2. The quantitative estimate of drug-likeness (QED) is 0.474. The zero-order chi connectivity index (χ0) is 18.0. The topological polar surface area (TPSA) is 52.9 Å². The molecule has 1 aromatic carbocycles. The van der Waals surface area contributed by atoms with E-state index in [2.05, 4.69) is 30.4 Å². The van der Waals surface area contributed by atoms with Crippen LogP contribution in [0.15, 0.2) is 24.3 Å². The summed E-state index contributed by atoms with van der Waals surface area (Å²) >= 11 is 0. The summed E-state index contributed by atoms with van der Waals surface area (Å²) in [4.78, 5) is 12.0. The number of aryl methyl sites for hydroxylation is 1. The Kier molecular flexibility index (Phi) is 7.98. The summed E-state index contributed by atoms with van der Waals surface area (Å²) in [6, 6.07) is 10.2. The molecule has 1 aliphatic carbocycles. The van der Waals surface area contributed by atoms with Crippen LogP contribution in [0.4, 0.5) is 5.69 Å². The van der Waals surface area contributed by atoms with Crippen LogP contribution in [-0.2, 0) is 11.2 Å². The molecule has 0 bridgehead atoms. The minimum atomic E-state index is -0.755. The minimum absolute atomic E-state index is 0.151. The Morgan fingerprint density at radius 3 is 2.08 bits per heavy atom. The molecule has 0 heterocycles. The van der Waals surface area contributed by atoms with Crippen LogP contribution in [0.3, 0.4) is 0 Å². The van der Waals surface area contributed by atoms with Gasteiger partial charge >= 0.3 is 0 Å². The Balaban J connectivity index is 1.58. The van der Waals surface area contributed by atoms with E-state index in [1.54, 1.807) is 0 Å². The third-order valence-corrected chi connectivity index (χ3v) is 5.18. The van der Waals surface area contributed by atoms with Gasteiger partial charge in [0.1, 0.15) is 5.41 Å². The zero-order valence-corrected chi connectivity index (χ0v) is 15.7. The predicted molar refractivity (Wildman–Crippen MR) is 103 cm³/mol. The molecule has 136 valence electrons. The van der Waals surface area contributed by atoms with Crippen molar-refractivity contribution in [1.29, 1.82) is 5.26 Å². The first-order valence-corrected chi connectivity index (χ1v) is 10.0. The van der Waals surface area contributed by atoms with Crippen molar-refractivity contribution in [2.24, 2.45) is 5.41 Å². The fourth-order valence-corrected chi connectivity index (χ4v) is 3.16. The number of hydrogen-bond acceptors (Lipinski definition) is 2. The van der Waals surface area contributed by atoms with E-state index in [0.29, 0.717) is 12.8 Å². The molecule has 25 heavy (non-hydrogen) atoms. The number of rotatable bonds is 12. The van der Waals surface area contributed by atoms with Gasteiger partial charge in [0, 0.05) is 5.69 Å². The molecule has 1 amide bonds. The lowest BCUT2D eigenvalue weighted by Crippen LogP contribution is -2.22. The summed E-state index contributed by atoms with van der Waals surface area (Å²) in [6.07, 6.45) is 14.6. The Morgan fingerprint density at radius 1 is 1.00 bits per heavy atom. The average Bonchev–Trinajstić information content (AvgIpc) is 3.43. The van der Waals surface area contributed by atoms with Crippen LogP contribution in [0.2, 0.25) is 0 Å². The summed E-state index contributed by atoms with van der Waals surface area (Å²) in [5.74, 6) is -0.151. The van der Waals surface area contributed by atoms with Crippen molar-refractivity contribution in [1.82, 2.24) is 0 Å². The van der Waals surface area contributed by atoms with Gasteiger partial charge in [-0.05, 0) is 43.4 Å². The van der Waals surface area contributed by atoms with Crippen LogP contribution < -0.4 is 5.32 Å². The van der Waals surface area contributed by atoms with E-state index in [9.17, 15) is 4.79 Å². The molecule has 3 heteroatoms. The number of nitrogens with zero attached hydrogens (tertiary/aromatic N) is 1. The zero-order valence-electron chi connectivity index (χ0n) is 15.7. The van der Waals surface area contributed by atoms with Crippen molar-refractivity contribution in [2.75, 3.05) is 5.32 Å². The lowest BCUT2D eigenvalue weighted by atomic mass is 10.0. The molecule has 0 radical (unpaired) electrons. The molecule has 1 fully saturated rings. The summed E-state index contributed by atoms with van der Waals surface area (Å²) in [6.45, 7) is 2.26. The van der Waals surface area contributed by atoms with Crippen molar-refractivity contribution in [2.45, 2.75) is 84.0 Å². The molecular formula is C22H32N2O. The van der Waals surface area contributed by atoms with Crippen molar-refractivity contribution < 1.29 is 4.79 Å². The average molecular weight is 341 g/mol. The van der Waals surface area contributed by atoms with E-state index >= 15 is 0 Å². The number of carbonyl (C=O) groups is 1. The number of amides is 1. The van der Waals surface area contributed by atoms with Crippen molar-refractivity contribution >= 4 is 11.6 Å². The molecule has 0 aromatic heterocycles. The number of carbonyl (C=O) groups excluding carboxylic acids is 1. The molecule has 0 unspecified atom stereocenters. The summed E-state index contributed by atoms with van der Waals surface area (Å²) in [7, 11) is 0. The maximum absolute atomic E-state index is 12.0.